The lowest BCUT2D eigenvalue weighted by Gasteiger charge is -2.37. The summed E-state index contributed by atoms with van der Waals surface area (Å²) in [4.78, 5) is 13.7. The van der Waals surface area contributed by atoms with E-state index < -0.39 is 5.60 Å². The quantitative estimate of drug-likeness (QED) is 0.693. The van der Waals surface area contributed by atoms with Crippen molar-refractivity contribution in [3.8, 4) is 0 Å². The summed E-state index contributed by atoms with van der Waals surface area (Å²) in [5.74, 6) is 0. The fraction of sp³-hybridized carbons (Fsp3) is 0.917. The van der Waals surface area contributed by atoms with Crippen LogP contribution >= 0.6 is 0 Å². The molecule has 1 saturated heterocycles. The standard InChI is InChI=1S/C12H23NO3/c1-9-8-10(15-5)6-7-13(9)11(14)16-12(2,3)4/h9-10H,6-8H2,1-5H3/t9-,10-/m0/s1. The summed E-state index contributed by atoms with van der Waals surface area (Å²) in [5, 5.41) is 0. The number of carbonyl (C=O) groups excluding carboxylic acids is 1. The summed E-state index contributed by atoms with van der Waals surface area (Å²) >= 11 is 0. The molecule has 0 unspecified atom stereocenters. The van der Waals surface area contributed by atoms with E-state index in [1.165, 1.54) is 0 Å². The zero-order valence-electron chi connectivity index (χ0n) is 10.9. The van der Waals surface area contributed by atoms with Gasteiger partial charge in [-0.1, -0.05) is 0 Å². The molecule has 1 fully saturated rings. The number of nitrogens with zero attached hydrogens (tertiary/aromatic N) is 1. The minimum atomic E-state index is -0.422. The molecule has 0 bridgehead atoms. The molecule has 1 rings (SSSR count). The van der Waals surface area contributed by atoms with E-state index >= 15 is 0 Å². The SMILES string of the molecule is CO[C@H]1CCN(C(=O)OC(C)(C)C)[C@@H](C)C1. The summed E-state index contributed by atoms with van der Waals surface area (Å²) in [6, 6.07) is 0.188. The molecule has 16 heavy (non-hydrogen) atoms. The summed E-state index contributed by atoms with van der Waals surface area (Å²) < 4.78 is 10.7. The maximum atomic E-state index is 11.9. The number of likely N-dealkylation sites (tertiary alicyclic amines) is 1. The Morgan fingerprint density at radius 2 is 2.00 bits per heavy atom. The van der Waals surface area contributed by atoms with Crippen molar-refractivity contribution in [1.29, 1.82) is 0 Å². The molecule has 1 aliphatic rings. The number of hydrogen-bond acceptors (Lipinski definition) is 3. The van der Waals surface area contributed by atoms with E-state index in [1.54, 1.807) is 12.0 Å². The summed E-state index contributed by atoms with van der Waals surface area (Å²) in [6.07, 6.45) is 1.83. The molecular formula is C12H23NO3. The molecule has 0 aliphatic carbocycles. The van der Waals surface area contributed by atoms with Gasteiger partial charge in [-0.15, -0.1) is 0 Å². The van der Waals surface area contributed by atoms with Crippen LogP contribution < -0.4 is 0 Å². The fourth-order valence-electron chi connectivity index (χ4n) is 1.93. The van der Waals surface area contributed by atoms with E-state index in [0.717, 1.165) is 12.8 Å². The van der Waals surface area contributed by atoms with Gasteiger partial charge in [0.2, 0.25) is 0 Å². The van der Waals surface area contributed by atoms with E-state index in [9.17, 15) is 4.79 Å². The zero-order valence-corrected chi connectivity index (χ0v) is 10.9. The smallest absolute Gasteiger partial charge is 0.410 e. The van der Waals surface area contributed by atoms with Crippen molar-refractivity contribution in [2.75, 3.05) is 13.7 Å². The van der Waals surface area contributed by atoms with Crippen molar-refractivity contribution in [3.63, 3.8) is 0 Å². The van der Waals surface area contributed by atoms with Gasteiger partial charge in [0.15, 0.2) is 0 Å². The molecule has 0 aromatic heterocycles. The molecule has 4 nitrogen and oxygen atoms in total. The summed E-state index contributed by atoms with van der Waals surface area (Å²) in [6.45, 7) is 8.41. The van der Waals surface area contributed by atoms with Gasteiger partial charge in [0.05, 0.1) is 6.10 Å². The maximum Gasteiger partial charge on any atom is 0.410 e. The average Bonchev–Trinajstić information content (AvgIpc) is 2.14. The van der Waals surface area contributed by atoms with Crippen LogP contribution in [0.25, 0.3) is 0 Å². The van der Waals surface area contributed by atoms with Gasteiger partial charge < -0.3 is 14.4 Å². The van der Waals surface area contributed by atoms with Crippen LogP contribution in [0.5, 0.6) is 0 Å². The Bertz CT molecular complexity index is 247. The number of hydrogen-bond donors (Lipinski definition) is 0. The first-order valence-electron chi connectivity index (χ1n) is 5.86. The van der Waals surface area contributed by atoms with Crippen molar-refractivity contribution < 1.29 is 14.3 Å². The highest BCUT2D eigenvalue weighted by Crippen LogP contribution is 2.21. The topological polar surface area (TPSA) is 38.8 Å². The molecule has 0 aromatic rings. The van der Waals surface area contributed by atoms with Crippen LogP contribution in [0.2, 0.25) is 0 Å². The van der Waals surface area contributed by atoms with Crippen molar-refractivity contribution >= 4 is 6.09 Å². The predicted molar refractivity (Wildman–Crippen MR) is 62.4 cm³/mol. The summed E-state index contributed by atoms with van der Waals surface area (Å²) in [7, 11) is 1.72. The Balaban J connectivity index is 2.52. The molecule has 1 amide bonds. The second-order valence-corrected chi connectivity index (χ2v) is 5.40. The zero-order chi connectivity index (χ0) is 12.3. The second kappa shape index (κ2) is 5.04. The van der Waals surface area contributed by atoms with E-state index in [4.69, 9.17) is 9.47 Å². The molecule has 0 spiro atoms. The van der Waals surface area contributed by atoms with E-state index in [1.807, 2.05) is 27.7 Å². The molecule has 0 aromatic carbocycles. The monoisotopic (exact) mass is 229 g/mol. The Morgan fingerprint density at radius 1 is 1.38 bits per heavy atom. The lowest BCUT2D eigenvalue weighted by atomic mass is 10.0. The molecule has 4 heteroatoms. The first kappa shape index (κ1) is 13.3. The van der Waals surface area contributed by atoms with Gasteiger partial charge in [0.1, 0.15) is 5.60 Å². The third kappa shape index (κ3) is 3.67. The van der Waals surface area contributed by atoms with Crippen LogP contribution in [0.15, 0.2) is 0 Å². The second-order valence-electron chi connectivity index (χ2n) is 5.40. The number of amides is 1. The minimum absolute atomic E-state index is 0.188. The van der Waals surface area contributed by atoms with E-state index in [-0.39, 0.29) is 18.2 Å². The van der Waals surface area contributed by atoms with Gasteiger partial charge in [0.25, 0.3) is 0 Å². The van der Waals surface area contributed by atoms with Gasteiger partial charge >= 0.3 is 6.09 Å². The first-order chi connectivity index (χ1) is 7.33. The van der Waals surface area contributed by atoms with E-state index in [2.05, 4.69) is 0 Å². The Hall–Kier alpha value is -0.770. The van der Waals surface area contributed by atoms with Crippen LogP contribution in [0, 0.1) is 0 Å². The molecule has 0 radical (unpaired) electrons. The molecule has 1 heterocycles. The van der Waals surface area contributed by atoms with Crippen LogP contribution in [-0.2, 0) is 9.47 Å². The Labute approximate surface area is 97.9 Å². The van der Waals surface area contributed by atoms with Gasteiger partial charge in [-0.3, -0.25) is 0 Å². The van der Waals surface area contributed by atoms with Gasteiger partial charge in [0, 0.05) is 19.7 Å². The first-order valence-corrected chi connectivity index (χ1v) is 5.86. The molecule has 0 N–H and O–H groups in total. The fourth-order valence-corrected chi connectivity index (χ4v) is 1.93. The van der Waals surface area contributed by atoms with Gasteiger partial charge in [-0.2, -0.15) is 0 Å². The maximum absolute atomic E-state index is 11.9. The number of carbonyl (C=O) groups is 1. The van der Waals surface area contributed by atoms with Crippen LogP contribution in [0.1, 0.15) is 40.5 Å². The third-order valence-corrected chi connectivity index (χ3v) is 2.79. The van der Waals surface area contributed by atoms with Crippen LogP contribution in [0.4, 0.5) is 4.79 Å². The van der Waals surface area contributed by atoms with Gasteiger partial charge in [-0.25, -0.2) is 4.79 Å². The van der Waals surface area contributed by atoms with Crippen LogP contribution in [0.3, 0.4) is 0 Å². The van der Waals surface area contributed by atoms with Gasteiger partial charge in [-0.05, 0) is 40.5 Å². The highest BCUT2D eigenvalue weighted by Gasteiger charge is 2.31. The van der Waals surface area contributed by atoms with Crippen molar-refractivity contribution in [1.82, 2.24) is 4.90 Å². The van der Waals surface area contributed by atoms with Crippen LogP contribution in [-0.4, -0.2) is 42.4 Å². The normalized spacial score (nSPS) is 26.7. The highest BCUT2D eigenvalue weighted by molar-refractivity contribution is 5.68. The van der Waals surface area contributed by atoms with E-state index in [0.29, 0.717) is 6.54 Å². The molecule has 94 valence electrons. The third-order valence-electron chi connectivity index (χ3n) is 2.79. The minimum Gasteiger partial charge on any atom is -0.444 e. The largest absolute Gasteiger partial charge is 0.444 e. The van der Waals surface area contributed by atoms with Crippen molar-refractivity contribution in [3.05, 3.63) is 0 Å². The predicted octanol–water partition coefficient (Wildman–Crippen LogP) is 2.42. The molecule has 0 saturated carbocycles. The number of methoxy groups -OCH3 is 1. The average molecular weight is 229 g/mol. The molecular weight excluding hydrogens is 206 g/mol. The lowest BCUT2D eigenvalue weighted by Crippen LogP contribution is -2.48. The highest BCUT2D eigenvalue weighted by atomic mass is 16.6. The number of ether oxygens (including phenoxy) is 2. The Morgan fingerprint density at radius 3 is 2.44 bits per heavy atom. The molecule has 1 aliphatic heterocycles. The Kier molecular flexibility index (Phi) is 4.19. The number of piperidine rings is 1. The van der Waals surface area contributed by atoms with Crippen molar-refractivity contribution in [2.24, 2.45) is 0 Å². The molecule has 2 atom stereocenters. The number of rotatable bonds is 1. The lowest BCUT2D eigenvalue weighted by molar-refractivity contribution is -0.0144. The van der Waals surface area contributed by atoms with Crippen molar-refractivity contribution in [2.45, 2.75) is 58.3 Å². The summed E-state index contributed by atoms with van der Waals surface area (Å²) in [5.41, 5.74) is -0.422.